The van der Waals surface area contributed by atoms with Crippen LogP contribution in [0.15, 0.2) is 58.2 Å². The SMILES string of the molecule is C=Nc1cc(F)ccc1N.Cc1cc(NC(=O)/C2=C/C=C/NCCC(CO)CCN=C2)n[nH]1. The van der Waals surface area contributed by atoms with Gasteiger partial charge in [0.1, 0.15) is 5.82 Å². The number of nitrogens with zero attached hydrogens (tertiary/aromatic N) is 3. The summed E-state index contributed by atoms with van der Waals surface area (Å²) in [4.78, 5) is 20.1. The maximum atomic E-state index is 12.4. The van der Waals surface area contributed by atoms with E-state index in [2.05, 4.69) is 37.5 Å². The van der Waals surface area contributed by atoms with E-state index >= 15 is 0 Å². The number of allylic oxidation sites excluding steroid dienone is 2. The third kappa shape index (κ3) is 9.08. The minimum atomic E-state index is -0.350. The van der Waals surface area contributed by atoms with Crippen LogP contribution in [0.3, 0.4) is 0 Å². The number of hydrogen-bond donors (Lipinski definition) is 5. The molecule has 0 saturated heterocycles. The number of carbonyl (C=O) groups is 1. The maximum absolute atomic E-state index is 12.4. The molecule has 1 aromatic carbocycles. The molecule has 1 aliphatic heterocycles. The molecule has 1 aromatic heterocycles. The van der Waals surface area contributed by atoms with Gasteiger partial charge in [-0.05, 0) is 62.9 Å². The lowest BCUT2D eigenvalue weighted by Gasteiger charge is -2.12. The van der Waals surface area contributed by atoms with Crippen molar-refractivity contribution in [3.63, 3.8) is 0 Å². The molecule has 3 rings (SSSR count). The van der Waals surface area contributed by atoms with Gasteiger partial charge >= 0.3 is 0 Å². The molecule has 33 heavy (non-hydrogen) atoms. The number of aliphatic hydroxyl groups is 1. The number of aromatic amines is 1. The number of aromatic nitrogens is 2. The van der Waals surface area contributed by atoms with E-state index in [0.717, 1.165) is 25.1 Å². The molecule has 0 bridgehead atoms. The summed E-state index contributed by atoms with van der Waals surface area (Å²) in [5.74, 6) is 0.0911. The highest BCUT2D eigenvalue weighted by Gasteiger charge is 2.10. The number of H-pyrrole nitrogens is 1. The average molecular weight is 456 g/mol. The molecule has 0 saturated carbocycles. The summed E-state index contributed by atoms with van der Waals surface area (Å²) in [5, 5.41) is 22.0. The Hall–Kier alpha value is -3.79. The van der Waals surface area contributed by atoms with Gasteiger partial charge in [-0.2, -0.15) is 5.10 Å². The van der Waals surface area contributed by atoms with Gasteiger partial charge in [0.2, 0.25) is 0 Å². The molecule has 6 N–H and O–H groups in total. The van der Waals surface area contributed by atoms with E-state index in [-0.39, 0.29) is 24.2 Å². The van der Waals surface area contributed by atoms with Crippen molar-refractivity contribution in [3.8, 4) is 0 Å². The van der Waals surface area contributed by atoms with Gasteiger partial charge in [-0.25, -0.2) is 4.39 Å². The highest BCUT2D eigenvalue weighted by atomic mass is 19.1. The second-order valence-electron chi connectivity index (χ2n) is 7.35. The monoisotopic (exact) mass is 455 g/mol. The Labute approximate surface area is 192 Å². The number of hydrogen-bond acceptors (Lipinski definition) is 7. The van der Waals surface area contributed by atoms with Crippen LogP contribution in [-0.2, 0) is 4.79 Å². The highest BCUT2D eigenvalue weighted by Crippen LogP contribution is 2.21. The van der Waals surface area contributed by atoms with Crippen molar-refractivity contribution in [2.45, 2.75) is 19.8 Å². The van der Waals surface area contributed by atoms with Crippen LogP contribution in [0.5, 0.6) is 0 Å². The Kier molecular flexibility index (Phi) is 10.5. The number of aliphatic hydroxyl groups excluding tert-OH is 1. The Morgan fingerprint density at radius 2 is 2.21 bits per heavy atom. The fourth-order valence-electron chi connectivity index (χ4n) is 2.84. The van der Waals surface area contributed by atoms with Gasteiger partial charge in [0, 0.05) is 43.7 Å². The first-order valence-electron chi connectivity index (χ1n) is 10.5. The molecule has 2 heterocycles. The summed E-state index contributed by atoms with van der Waals surface area (Å²) < 4.78 is 12.4. The van der Waals surface area contributed by atoms with E-state index in [0.29, 0.717) is 29.3 Å². The van der Waals surface area contributed by atoms with Crippen LogP contribution in [0.25, 0.3) is 0 Å². The number of nitrogens with two attached hydrogens (primary N) is 1. The van der Waals surface area contributed by atoms with Crippen LogP contribution >= 0.6 is 0 Å². The average Bonchev–Trinajstić information content (AvgIpc) is 3.20. The summed E-state index contributed by atoms with van der Waals surface area (Å²) in [6.07, 6.45) is 8.52. The smallest absolute Gasteiger partial charge is 0.258 e. The predicted octanol–water partition coefficient (Wildman–Crippen LogP) is 2.90. The number of benzene rings is 1. The number of carbonyl (C=O) groups excluding carboxylic acids is 1. The summed E-state index contributed by atoms with van der Waals surface area (Å²) in [6.45, 7) is 6.63. The Morgan fingerprint density at radius 3 is 2.88 bits per heavy atom. The van der Waals surface area contributed by atoms with E-state index in [1.807, 2.05) is 6.92 Å². The molecule has 1 amide bonds. The number of rotatable bonds is 4. The van der Waals surface area contributed by atoms with Gasteiger partial charge < -0.3 is 21.5 Å². The zero-order valence-corrected chi connectivity index (χ0v) is 18.6. The van der Waals surface area contributed by atoms with E-state index < -0.39 is 0 Å². The molecule has 0 spiro atoms. The standard InChI is InChI=1S/C16H23N5O2.C7H7FN2/c1-12-9-15(21-20-12)19-16(23)14-3-2-6-17-7-4-13(11-22)5-8-18-10-14;1-10-7-4-5(8)2-3-6(7)9/h2-3,6,9-10,13,17,22H,4-5,7-8,11H2,1H3,(H2,19,20,21,23);2-4H,1,9H2/b6-2+,14-3+,18-10?;. The van der Waals surface area contributed by atoms with E-state index in [1.54, 1.807) is 30.6 Å². The molecule has 1 atom stereocenters. The molecule has 9 nitrogen and oxygen atoms in total. The summed E-state index contributed by atoms with van der Waals surface area (Å²) in [7, 11) is 0. The third-order valence-electron chi connectivity index (χ3n) is 4.71. The fourth-order valence-corrected chi connectivity index (χ4v) is 2.84. The van der Waals surface area contributed by atoms with E-state index in [1.165, 1.54) is 18.2 Å². The second-order valence-corrected chi connectivity index (χ2v) is 7.35. The van der Waals surface area contributed by atoms with Gasteiger partial charge in [0.15, 0.2) is 5.82 Å². The zero-order valence-electron chi connectivity index (χ0n) is 18.6. The fraction of sp³-hybridized carbons (Fsp3) is 0.304. The van der Waals surface area contributed by atoms with Gasteiger partial charge in [-0.1, -0.05) is 0 Å². The molecular weight excluding hydrogens is 425 g/mol. The van der Waals surface area contributed by atoms with Crippen LogP contribution in [-0.4, -0.2) is 53.8 Å². The zero-order chi connectivity index (χ0) is 24.1. The van der Waals surface area contributed by atoms with Crippen molar-refractivity contribution >= 4 is 36.0 Å². The lowest BCUT2D eigenvalue weighted by Crippen LogP contribution is -2.18. The summed E-state index contributed by atoms with van der Waals surface area (Å²) in [6, 6.07) is 5.74. The minimum Gasteiger partial charge on any atom is -0.397 e. The Balaban J connectivity index is 0.000000321. The second kappa shape index (κ2) is 13.6. The highest BCUT2D eigenvalue weighted by molar-refractivity contribution is 6.17. The minimum absolute atomic E-state index is 0.155. The number of nitrogens with one attached hydrogen (secondary N) is 3. The normalized spacial score (nSPS) is 18.8. The van der Waals surface area contributed by atoms with Crippen molar-refractivity contribution in [1.29, 1.82) is 0 Å². The number of amides is 1. The van der Waals surface area contributed by atoms with E-state index in [4.69, 9.17) is 5.73 Å². The lowest BCUT2D eigenvalue weighted by molar-refractivity contribution is -0.112. The van der Waals surface area contributed by atoms with E-state index in [9.17, 15) is 14.3 Å². The molecule has 176 valence electrons. The van der Waals surface area contributed by atoms with Crippen molar-refractivity contribution in [2.24, 2.45) is 15.9 Å². The molecular formula is C23H30FN7O2. The quantitative estimate of drug-likeness (QED) is 0.356. The van der Waals surface area contributed by atoms with Crippen LogP contribution in [0.2, 0.25) is 0 Å². The van der Waals surface area contributed by atoms with Crippen LogP contribution in [0.1, 0.15) is 18.5 Å². The molecule has 0 fully saturated rings. The van der Waals surface area contributed by atoms with Crippen molar-refractivity contribution in [2.75, 3.05) is 30.7 Å². The van der Waals surface area contributed by atoms with Crippen LogP contribution in [0.4, 0.5) is 21.6 Å². The first-order valence-corrected chi connectivity index (χ1v) is 10.5. The summed E-state index contributed by atoms with van der Waals surface area (Å²) in [5.41, 5.74) is 7.55. The Bertz CT molecular complexity index is 1010. The van der Waals surface area contributed by atoms with Gasteiger partial charge in [-0.3, -0.25) is 19.9 Å². The molecule has 10 heteroatoms. The van der Waals surface area contributed by atoms with Gasteiger partial charge in [-0.15, -0.1) is 0 Å². The first-order chi connectivity index (χ1) is 15.9. The predicted molar refractivity (Wildman–Crippen MR) is 130 cm³/mol. The Morgan fingerprint density at radius 1 is 1.39 bits per heavy atom. The number of aliphatic imine (C=N–C) groups is 2. The number of anilines is 2. The molecule has 1 unspecified atom stereocenters. The van der Waals surface area contributed by atoms with Crippen molar-refractivity contribution < 1.29 is 14.3 Å². The number of nitrogen functional groups attached to an aromatic ring is 1. The third-order valence-corrected chi connectivity index (χ3v) is 4.71. The first kappa shape index (κ1) is 25.5. The van der Waals surface area contributed by atoms with Crippen molar-refractivity contribution in [1.82, 2.24) is 15.5 Å². The maximum Gasteiger partial charge on any atom is 0.258 e. The van der Waals surface area contributed by atoms with Gasteiger partial charge in [0.05, 0.1) is 16.9 Å². The lowest BCUT2D eigenvalue weighted by atomic mass is 10.0. The van der Waals surface area contributed by atoms with Gasteiger partial charge in [0.25, 0.3) is 5.91 Å². The van der Waals surface area contributed by atoms with Crippen molar-refractivity contribution in [3.05, 3.63) is 59.7 Å². The topological polar surface area (TPSA) is 141 Å². The largest absolute Gasteiger partial charge is 0.397 e. The molecule has 0 aliphatic carbocycles. The summed E-state index contributed by atoms with van der Waals surface area (Å²) >= 11 is 0. The van der Waals surface area contributed by atoms with Crippen LogP contribution < -0.4 is 16.4 Å². The molecule has 0 radical (unpaired) electrons. The number of halogens is 1. The number of aryl methyl sites for hydroxylation is 1. The van der Waals surface area contributed by atoms with Crippen LogP contribution in [0, 0.1) is 18.7 Å². The molecule has 2 aromatic rings. The molecule has 1 aliphatic rings.